The van der Waals surface area contributed by atoms with Crippen LogP contribution in [0.2, 0.25) is 5.02 Å². The lowest BCUT2D eigenvalue weighted by atomic mass is 9.97. The summed E-state index contributed by atoms with van der Waals surface area (Å²) >= 11 is 7.45. The third-order valence-corrected chi connectivity index (χ3v) is 5.53. The maximum atomic E-state index is 12.2. The van der Waals surface area contributed by atoms with Crippen LogP contribution in [0.15, 0.2) is 24.3 Å². The fourth-order valence-electron chi connectivity index (χ4n) is 2.96. The number of hydrogen-bond acceptors (Lipinski definition) is 3. The molecular weight excluding hydrogens is 342 g/mol. The lowest BCUT2D eigenvalue weighted by Crippen LogP contribution is -2.19. The number of halogens is 1. The average molecular weight is 360 g/mol. The van der Waals surface area contributed by atoms with Gasteiger partial charge in [0, 0.05) is 15.6 Å². The predicted octanol–water partition coefficient (Wildman–Crippen LogP) is 5.58. The summed E-state index contributed by atoms with van der Waals surface area (Å²) in [5.74, 6) is 0. The highest BCUT2D eigenvalue weighted by Gasteiger charge is 2.20. The SMILES string of the molecule is N#Cc1c(NC(=O)Nc2cccc(Cl)c2)sc2c1CCCCCC2. The first-order chi connectivity index (χ1) is 11.7. The molecule has 0 aliphatic heterocycles. The summed E-state index contributed by atoms with van der Waals surface area (Å²) in [6, 6.07) is 8.89. The van der Waals surface area contributed by atoms with Crippen LogP contribution >= 0.6 is 22.9 Å². The number of amides is 2. The first kappa shape index (κ1) is 16.8. The molecule has 2 N–H and O–H groups in total. The molecule has 1 heterocycles. The highest BCUT2D eigenvalue weighted by Crippen LogP contribution is 2.36. The van der Waals surface area contributed by atoms with Crippen molar-refractivity contribution in [1.82, 2.24) is 0 Å². The van der Waals surface area contributed by atoms with Crippen LogP contribution in [-0.2, 0) is 12.8 Å². The van der Waals surface area contributed by atoms with Gasteiger partial charge in [0.05, 0.1) is 5.56 Å². The van der Waals surface area contributed by atoms with Crippen molar-refractivity contribution in [2.75, 3.05) is 10.6 Å². The summed E-state index contributed by atoms with van der Waals surface area (Å²) in [4.78, 5) is 13.5. The Labute approximate surface area is 150 Å². The number of nitriles is 1. The zero-order chi connectivity index (χ0) is 16.9. The molecule has 0 saturated carbocycles. The highest BCUT2D eigenvalue weighted by molar-refractivity contribution is 7.16. The molecule has 6 heteroatoms. The minimum atomic E-state index is -0.358. The van der Waals surface area contributed by atoms with Gasteiger partial charge in [0.1, 0.15) is 11.1 Å². The van der Waals surface area contributed by atoms with E-state index < -0.39 is 0 Å². The molecular formula is C18H18ClN3OS. The van der Waals surface area contributed by atoms with Gasteiger partial charge in [0.2, 0.25) is 0 Å². The molecule has 124 valence electrons. The van der Waals surface area contributed by atoms with Crippen LogP contribution in [0.3, 0.4) is 0 Å². The van der Waals surface area contributed by atoms with Crippen molar-refractivity contribution in [2.24, 2.45) is 0 Å². The van der Waals surface area contributed by atoms with E-state index in [9.17, 15) is 10.1 Å². The van der Waals surface area contributed by atoms with Gasteiger partial charge in [-0.2, -0.15) is 5.26 Å². The summed E-state index contributed by atoms with van der Waals surface area (Å²) in [6.45, 7) is 0. The second kappa shape index (κ2) is 7.69. The van der Waals surface area contributed by atoms with E-state index in [1.54, 1.807) is 24.3 Å². The molecule has 2 amide bonds. The Bertz CT molecular complexity index is 794. The zero-order valence-corrected chi connectivity index (χ0v) is 14.8. The van der Waals surface area contributed by atoms with Gasteiger partial charge >= 0.3 is 6.03 Å². The Kier molecular flexibility index (Phi) is 5.39. The molecule has 1 aromatic heterocycles. The number of aryl methyl sites for hydroxylation is 1. The largest absolute Gasteiger partial charge is 0.324 e. The summed E-state index contributed by atoms with van der Waals surface area (Å²) in [7, 11) is 0. The first-order valence-corrected chi connectivity index (χ1v) is 9.25. The third-order valence-electron chi connectivity index (χ3n) is 4.09. The molecule has 4 nitrogen and oxygen atoms in total. The van der Waals surface area contributed by atoms with Crippen molar-refractivity contribution in [1.29, 1.82) is 5.26 Å². The van der Waals surface area contributed by atoms with Crippen LogP contribution in [0.4, 0.5) is 15.5 Å². The number of nitrogens with one attached hydrogen (secondary N) is 2. The van der Waals surface area contributed by atoms with E-state index in [0.717, 1.165) is 31.2 Å². The Morgan fingerprint density at radius 3 is 2.71 bits per heavy atom. The molecule has 0 saturated heterocycles. The summed E-state index contributed by atoms with van der Waals surface area (Å²) in [6.07, 6.45) is 6.60. The number of benzene rings is 1. The van der Waals surface area contributed by atoms with Gasteiger partial charge in [-0.05, 0) is 49.4 Å². The lowest BCUT2D eigenvalue weighted by Gasteiger charge is -2.09. The van der Waals surface area contributed by atoms with Gasteiger partial charge < -0.3 is 5.32 Å². The van der Waals surface area contributed by atoms with Crippen molar-refractivity contribution >= 4 is 39.7 Å². The Morgan fingerprint density at radius 1 is 1.17 bits per heavy atom. The van der Waals surface area contributed by atoms with Crippen molar-refractivity contribution in [2.45, 2.75) is 38.5 Å². The second-order valence-corrected chi connectivity index (χ2v) is 7.37. The first-order valence-electron chi connectivity index (χ1n) is 8.05. The van der Waals surface area contributed by atoms with E-state index in [-0.39, 0.29) is 6.03 Å². The Balaban J connectivity index is 1.78. The predicted molar refractivity (Wildman–Crippen MR) is 99.0 cm³/mol. The number of carbonyl (C=O) groups is 1. The molecule has 1 aromatic carbocycles. The number of carbonyl (C=O) groups excluding carboxylic acids is 1. The number of rotatable bonds is 2. The monoisotopic (exact) mass is 359 g/mol. The van der Waals surface area contributed by atoms with E-state index in [2.05, 4.69) is 16.7 Å². The number of thiophene rings is 1. The van der Waals surface area contributed by atoms with E-state index in [0.29, 0.717) is 21.3 Å². The van der Waals surface area contributed by atoms with Crippen LogP contribution in [-0.4, -0.2) is 6.03 Å². The van der Waals surface area contributed by atoms with Crippen LogP contribution in [0, 0.1) is 11.3 Å². The number of hydrogen-bond donors (Lipinski definition) is 2. The van der Waals surface area contributed by atoms with E-state index in [1.165, 1.54) is 29.1 Å². The lowest BCUT2D eigenvalue weighted by molar-refractivity contribution is 0.262. The van der Waals surface area contributed by atoms with Crippen LogP contribution in [0.25, 0.3) is 0 Å². The number of anilines is 2. The van der Waals surface area contributed by atoms with Gasteiger partial charge in [-0.1, -0.05) is 30.5 Å². The number of fused-ring (bicyclic) bond motifs is 1. The van der Waals surface area contributed by atoms with Gasteiger partial charge in [-0.3, -0.25) is 5.32 Å². The summed E-state index contributed by atoms with van der Waals surface area (Å²) in [5.41, 5.74) is 2.37. The quantitative estimate of drug-likeness (QED) is 0.735. The van der Waals surface area contributed by atoms with Gasteiger partial charge in [0.15, 0.2) is 0 Å². The maximum Gasteiger partial charge on any atom is 0.324 e. The Hall–Kier alpha value is -2.03. The molecule has 0 radical (unpaired) electrons. The van der Waals surface area contributed by atoms with E-state index in [1.807, 2.05) is 0 Å². The molecule has 0 spiro atoms. The van der Waals surface area contributed by atoms with Crippen LogP contribution in [0.1, 0.15) is 41.7 Å². The highest BCUT2D eigenvalue weighted by atomic mass is 35.5. The van der Waals surface area contributed by atoms with Gasteiger partial charge in [-0.25, -0.2) is 4.79 Å². The van der Waals surface area contributed by atoms with Crippen molar-refractivity contribution in [3.63, 3.8) is 0 Å². The Morgan fingerprint density at radius 2 is 1.96 bits per heavy atom. The molecule has 24 heavy (non-hydrogen) atoms. The zero-order valence-electron chi connectivity index (χ0n) is 13.2. The van der Waals surface area contributed by atoms with E-state index in [4.69, 9.17) is 11.6 Å². The van der Waals surface area contributed by atoms with Crippen LogP contribution < -0.4 is 10.6 Å². The molecule has 0 atom stereocenters. The summed E-state index contributed by atoms with van der Waals surface area (Å²) < 4.78 is 0. The average Bonchev–Trinajstić information content (AvgIpc) is 2.83. The normalized spacial score (nSPS) is 14.0. The molecule has 0 fully saturated rings. The van der Waals surface area contributed by atoms with Gasteiger partial charge in [-0.15, -0.1) is 11.3 Å². The summed E-state index contributed by atoms with van der Waals surface area (Å²) in [5, 5.41) is 16.3. The fraction of sp³-hybridized carbons (Fsp3) is 0.333. The topological polar surface area (TPSA) is 64.9 Å². The molecule has 3 rings (SSSR count). The number of nitrogens with zero attached hydrogens (tertiary/aromatic N) is 1. The standard InChI is InChI=1S/C18H18ClN3OS/c19-12-6-5-7-13(10-12)21-18(23)22-17-15(11-20)14-8-3-1-2-4-9-16(14)24-17/h5-7,10H,1-4,8-9H2,(H2,21,22,23). The minimum absolute atomic E-state index is 0.358. The molecule has 1 aliphatic carbocycles. The smallest absolute Gasteiger partial charge is 0.308 e. The van der Waals surface area contributed by atoms with Crippen molar-refractivity contribution < 1.29 is 4.79 Å². The number of urea groups is 1. The van der Waals surface area contributed by atoms with Crippen molar-refractivity contribution in [3.8, 4) is 6.07 Å². The maximum absolute atomic E-state index is 12.2. The molecule has 0 unspecified atom stereocenters. The molecule has 0 bridgehead atoms. The minimum Gasteiger partial charge on any atom is -0.308 e. The second-order valence-electron chi connectivity index (χ2n) is 5.82. The molecule has 1 aliphatic rings. The molecule has 2 aromatic rings. The van der Waals surface area contributed by atoms with E-state index >= 15 is 0 Å². The van der Waals surface area contributed by atoms with Crippen molar-refractivity contribution in [3.05, 3.63) is 45.3 Å². The third kappa shape index (κ3) is 3.89. The van der Waals surface area contributed by atoms with Crippen LogP contribution in [0.5, 0.6) is 0 Å². The fourth-order valence-corrected chi connectivity index (χ4v) is 4.38. The van der Waals surface area contributed by atoms with Gasteiger partial charge in [0.25, 0.3) is 0 Å².